The van der Waals surface area contributed by atoms with Crippen LogP contribution in [0.3, 0.4) is 0 Å². The minimum atomic E-state index is 0.111. The van der Waals surface area contributed by atoms with Gasteiger partial charge in [-0.15, -0.1) is 0 Å². The van der Waals surface area contributed by atoms with E-state index in [-0.39, 0.29) is 5.91 Å². The van der Waals surface area contributed by atoms with Gasteiger partial charge in [-0.05, 0) is 48.9 Å². The Kier molecular flexibility index (Phi) is 4.91. The van der Waals surface area contributed by atoms with E-state index in [2.05, 4.69) is 16.7 Å². The van der Waals surface area contributed by atoms with Gasteiger partial charge in [0.05, 0.1) is 0 Å². The highest BCUT2D eigenvalue weighted by atomic mass is 16.1. The number of hydrogen-bond acceptors (Lipinski definition) is 2. The second kappa shape index (κ2) is 7.08. The Balaban J connectivity index is 1.51. The second-order valence-electron chi connectivity index (χ2n) is 6.42. The molecule has 114 valence electrons. The molecule has 3 rings (SSSR count). The van der Waals surface area contributed by atoms with Crippen LogP contribution < -0.4 is 10.6 Å². The molecule has 1 amide bonds. The highest BCUT2D eigenvalue weighted by Gasteiger charge is 2.17. The minimum absolute atomic E-state index is 0.111. The van der Waals surface area contributed by atoms with E-state index in [9.17, 15) is 4.79 Å². The summed E-state index contributed by atoms with van der Waals surface area (Å²) in [5.74, 6) is 1.03. The first-order valence-electron chi connectivity index (χ1n) is 8.44. The maximum Gasteiger partial charge on any atom is 0.251 e. The quantitative estimate of drug-likeness (QED) is 0.817. The molecule has 21 heavy (non-hydrogen) atoms. The van der Waals surface area contributed by atoms with Gasteiger partial charge in [-0.25, -0.2) is 0 Å². The summed E-state index contributed by atoms with van der Waals surface area (Å²) < 4.78 is 0. The largest absolute Gasteiger partial charge is 0.352 e. The van der Waals surface area contributed by atoms with Gasteiger partial charge in [0.1, 0.15) is 0 Å². The van der Waals surface area contributed by atoms with Crippen LogP contribution in [-0.4, -0.2) is 19.0 Å². The van der Waals surface area contributed by atoms with Crippen molar-refractivity contribution >= 4 is 5.91 Å². The molecule has 1 aromatic rings. The Bertz CT molecular complexity index is 492. The second-order valence-corrected chi connectivity index (χ2v) is 6.42. The van der Waals surface area contributed by atoms with E-state index in [0.717, 1.165) is 44.0 Å². The zero-order valence-electron chi connectivity index (χ0n) is 12.8. The molecule has 2 aliphatic rings. The fraction of sp³-hybridized carbons (Fsp3) is 0.611. The third kappa shape index (κ3) is 3.65. The molecule has 0 bridgehead atoms. The smallest absolute Gasteiger partial charge is 0.251 e. The third-order valence-electron chi connectivity index (χ3n) is 4.93. The lowest BCUT2D eigenvalue weighted by molar-refractivity contribution is 0.0951. The number of amides is 1. The lowest BCUT2D eigenvalue weighted by atomic mass is 9.95. The van der Waals surface area contributed by atoms with Crippen molar-refractivity contribution in [3.05, 3.63) is 34.9 Å². The molecule has 1 fully saturated rings. The van der Waals surface area contributed by atoms with Gasteiger partial charge in [0, 0.05) is 18.7 Å². The van der Waals surface area contributed by atoms with Crippen LogP contribution >= 0.6 is 0 Å². The zero-order chi connectivity index (χ0) is 14.5. The standard InChI is InChI=1S/C18H26N2O/c21-18(20-11-4-7-14-5-1-2-6-14)17-9-3-8-15-13-19-12-10-16(15)17/h3,8-9,14,19H,1-2,4-7,10-13H2,(H,20,21). The van der Waals surface area contributed by atoms with Gasteiger partial charge in [0.15, 0.2) is 0 Å². The molecule has 1 aromatic carbocycles. The van der Waals surface area contributed by atoms with Crippen molar-refractivity contribution in [2.45, 2.75) is 51.5 Å². The Morgan fingerprint density at radius 3 is 3.00 bits per heavy atom. The summed E-state index contributed by atoms with van der Waals surface area (Å²) in [5, 5.41) is 6.47. The number of rotatable bonds is 5. The van der Waals surface area contributed by atoms with Gasteiger partial charge in [-0.3, -0.25) is 4.79 Å². The van der Waals surface area contributed by atoms with Crippen molar-refractivity contribution in [2.24, 2.45) is 5.92 Å². The predicted molar refractivity (Wildman–Crippen MR) is 85.4 cm³/mol. The number of benzene rings is 1. The maximum absolute atomic E-state index is 12.4. The molecule has 3 heteroatoms. The van der Waals surface area contributed by atoms with Gasteiger partial charge < -0.3 is 10.6 Å². The van der Waals surface area contributed by atoms with Gasteiger partial charge in [0.2, 0.25) is 0 Å². The highest BCUT2D eigenvalue weighted by Crippen LogP contribution is 2.28. The summed E-state index contributed by atoms with van der Waals surface area (Å²) in [7, 11) is 0. The molecule has 0 spiro atoms. The number of hydrogen-bond donors (Lipinski definition) is 2. The fourth-order valence-electron chi connectivity index (χ4n) is 3.73. The summed E-state index contributed by atoms with van der Waals surface area (Å²) in [6.45, 7) is 2.67. The molecule has 0 saturated heterocycles. The normalized spacial score (nSPS) is 18.5. The highest BCUT2D eigenvalue weighted by molar-refractivity contribution is 5.96. The summed E-state index contributed by atoms with van der Waals surface area (Å²) in [6, 6.07) is 6.09. The van der Waals surface area contributed by atoms with Crippen LogP contribution in [0.25, 0.3) is 0 Å². The van der Waals surface area contributed by atoms with Crippen molar-refractivity contribution < 1.29 is 4.79 Å². The van der Waals surface area contributed by atoms with Crippen LogP contribution in [0.1, 0.15) is 60.0 Å². The van der Waals surface area contributed by atoms with E-state index in [0.29, 0.717) is 0 Å². The molecule has 1 heterocycles. The molecule has 1 aliphatic carbocycles. The Hall–Kier alpha value is -1.35. The molecular formula is C18H26N2O. The van der Waals surface area contributed by atoms with Crippen LogP contribution in [0.5, 0.6) is 0 Å². The molecule has 1 aliphatic heterocycles. The van der Waals surface area contributed by atoms with Crippen molar-refractivity contribution in [3.8, 4) is 0 Å². The molecule has 0 radical (unpaired) electrons. The molecule has 0 unspecified atom stereocenters. The van der Waals surface area contributed by atoms with E-state index in [1.165, 1.54) is 43.2 Å². The average Bonchev–Trinajstić information content (AvgIpc) is 3.04. The summed E-state index contributed by atoms with van der Waals surface area (Å²) in [6.07, 6.45) is 8.95. The molecule has 3 nitrogen and oxygen atoms in total. The maximum atomic E-state index is 12.4. The number of fused-ring (bicyclic) bond motifs is 1. The van der Waals surface area contributed by atoms with Gasteiger partial charge >= 0.3 is 0 Å². The topological polar surface area (TPSA) is 41.1 Å². The first kappa shape index (κ1) is 14.6. The monoisotopic (exact) mass is 286 g/mol. The molecular weight excluding hydrogens is 260 g/mol. The van der Waals surface area contributed by atoms with Crippen molar-refractivity contribution in [1.82, 2.24) is 10.6 Å². The number of carbonyl (C=O) groups excluding carboxylic acids is 1. The minimum Gasteiger partial charge on any atom is -0.352 e. The first-order chi connectivity index (χ1) is 10.3. The average molecular weight is 286 g/mol. The van der Waals surface area contributed by atoms with Gasteiger partial charge in [-0.2, -0.15) is 0 Å². The summed E-state index contributed by atoms with van der Waals surface area (Å²) >= 11 is 0. The molecule has 0 aromatic heterocycles. The van der Waals surface area contributed by atoms with E-state index >= 15 is 0 Å². The van der Waals surface area contributed by atoms with E-state index in [4.69, 9.17) is 0 Å². The lowest BCUT2D eigenvalue weighted by Crippen LogP contribution is -2.30. The molecule has 1 saturated carbocycles. The van der Waals surface area contributed by atoms with E-state index < -0.39 is 0 Å². The van der Waals surface area contributed by atoms with Gasteiger partial charge in [0.25, 0.3) is 5.91 Å². The van der Waals surface area contributed by atoms with Crippen LogP contribution in [0.15, 0.2) is 18.2 Å². The van der Waals surface area contributed by atoms with Crippen LogP contribution in [0.4, 0.5) is 0 Å². The summed E-state index contributed by atoms with van der Waals surface area (Å²) in [5.41, 5.74) is 3.40. The van der Waals surface area contributed by atoms with Crippen LogP contribution in [0.2, 0.25) is 0 Å². The van der Waals surface area contributed by atoms with Crippen LogP contribution in [0, 0.1) is 5.92 Å². The van der Waals surface area contributed by atoms with E-state index in [1.54, 1.807) is 0 Å². The van der Waals surface area contributed by atoms with Crippen molar-refractivity contribution in [3.63, 3.8) is 0 Å². The number of carbonyl (C=O) groups is 1. The van der Waals surface area contributed by atoms with Gasteiger partial charge in [-0.1, -0.05) is 37.8 Å². The summed E-state index contributed by atoms with van der Waals surface area (Å²) in [4.78, 5) is 12.4. The van der Waals surface area contributed by atoms with Crippen molar-refractivity contribution in [2.75, 3.05) is 13.1 Å². The van der Waals surface area contributed by atoms with E-state index in [1.807, 2.05) is 12.1 Å². The first-order valence-corrected chi connectivity index (χ1v) is 8.44. The molecule has 2 N–H and O–H groups in total. The Morgan fingerprint density at radius 2 is 2.14 bits per heavy atom. The molecule has 0 atom stereocenters. The fourth-order valence-corrected chi connectivity index (χ4v) is 3.73. The van der Waals surface area contributed by atoms with Crippen LogP contribution in [-0.2, 0) is 13.0 Å². The number of nitrogens with one attached hydrogen (secondary N) is 2. The van der Waals surface area contributed by atoms with Crippen molar-refractivity contribution in [1.29, 1.82) is 0 Å². The lowest BCUT2D eigenvalue weighted by Gasteiger charge is -2.20. The predicted octanol–water partition coefficient (Wildman–Crippen LogP) is 3.03. The zero-order valence-corrected chi connectivity index (χ0v) is 12.8. The third-order valence-corrected chi connectivity index (χ3v) is 4.93. The Morgan fingerprint density at radius 1 is 1.29 bits per heavy atom. The SMILES string of the molecule is O=C(NCCCC1CCCC1)c1cccc2c1CCNC2. The Labute approximate surface area is 127 Å².